The quantitative estimate of drug-likeness (QED) is 0.824. The first-order valence-electron chi connectivity index (χ1n) is 5.70. The molecule has 1 aliphatic carbocycles. The summed E-state index contributed by atoms with van der Waals surface area (Å²) in [6.07, 6.45) is 2.86. The van der Waals surface area contributed by atoms with Gasteiger partial charge in [0.15, 0.2) is 0 Å². The van der Waals surface area contributed by atoms with Crippen molar-refractivity contribution < 1.29 is 9.84 Å². The topological polar surface area (TPSA) is 29.5 Å². The van der Waals surface area contributed by atoms with Crippen molar-refractivity contribution >= 4 is 0 Å². The van der Waals surface area contributed by atoms with Crippen LogP contribution in [0.1, 0.15) is 37.7 Å². The third kappa shape index (κ3) is 2.51. The van der Waals surface area contributed by atoms with Gasteiger partial charge in [-0.05, 0) is 49.8 Å². The van der Waals surface area contributed by atoms with E-state index in [1.54, 1.807) is 0 Å². The number of aliphatic hydroxyl groups is 1. The highest BCUT2D eigenvalue weighted by Crippen LogP contribution is 2.34. The minimum absolute atomic E-state index is 0.0958. The fourth-order valence-electron chi connectivity index (χ4n) is 2.26. The molecule has 1 aliphatic rings. The highest BCUT2D eigenvalue weighted by atomic mass is 16.5. The number of hydrogen-bond donors (Lipinski definition) is 1. The average molecular weight is 206 g/mol. The van der Waals surface area contributed by atoms with Crippen LogP contribution in [0.15, 0.2) is 24.3 Å². The van der Waals surface area contributed by atoms with Crippen LogP contribution in [0.25, 0.3) is 0 Å². The van der Waals surface area contributed by atoms with Crippen LogP contribution in [0.4, 0.5) is 0 Å². The van der Waals surface area contributed by atoms with Crippen molar-refractivity contribution in [1.29, 1.82) is 0 Å². The van der Waals surface area contributed by atoms with Gasteiger partial charge in [-0.1, -0.05) is 12.1 Å². The lowest BCUT2D eigenvalue weighted by Gasteiger charge is -2.10. The van der Waals surface area contributed by atoms with Crippen molar-refractivity contribution in [2.75, 3.05) is 6.61 Å². The standard InChI is InChI=1S/C13H18O2/c1-2-15-13-7-4-10(5-8-13)11-3-6-12(14)9-11/h4-5,7-8,11-12,14H,2-3,6,9H2,1H3. The van der Waals surface area contributed by atoms with Gasteiger partial charge in [0.2, 0.25) is 0 Å². The van der Waals surface area contributed by atoms with Gasteiger partial charge in [-0.2, -0.15) is 0 Å². The van der Waals surface area contributed by atoms with E-state index in [1.165, 1.54) is 5.56 Å². The normalized spacial score (nSPS) is 25.5. The lowest BCUT2D eigenvalue weighted by Crippen LogP contribution is -1.99. The zero-order valence-electron chi connectivity index (χ0n) is 9.15. The van der Waals surface area contributed by atoms with Crippen molar-refractivity contribution in [2.45, 2.75) is 38.2 Å². The molecular formula is C13H18O2. The summed E-state index contributed by atoms with van der Waals surface area (Å²) in [5.41, 5.74) is 1.33. The van der Waals surface area contributed by atoms with Gasteiger partial charge in [0.1, 0.15) is 5.75 Å². The van der Waals surface area contributed by atoms with Crippen LogP contribution in [0, 0.1) is 0 Å². The first-order valence-corrected chi connectivity index (χ1v) is 5.70. The van der Waals surface area contributed by atoms with Gasteiger partial charge in [-0.3, -0.25) is 0 Å². The molecule has 0 aromatic heterocycles. The lowest BCUT2D eigenvalue weighted by molar-refractivity contribution is 0.181. The second-order valence-corrected chi connectivity index (χ2v) is 4.17. The molecule has 2 heteroatoms. The predicted molar refractivity (Wildman–Crippen MR) is 60.2 cm³/mol. The highest BCUT2D eigenvalue weighted by Gasteiger charge is 2.23. The number of aliphatic hydroxyl groups excluding tert-OH is 1. The zero-order chi connectivity index (χ0) is 10.7. The molecule has 0 aliphatic heterocycles. The van der Waals surface area contributed by atoms with E-state index < -0.39 is 0 Å². The monoisotopic (exact) mass is 206 g/mol. The van der Waals surface area contributed by atoms with Gasteiger partial charge >= 0.3 is 0 Å². The number of rotatable bonds is 3. The van der Waals surface area contributed by atoms with Gasteiger partial charge in [0.05, 0.1) is 12.7 Å². The van der Waals surface area contributed by atoms with Crippen molar-refractivity contribution in [3.63, 3.8) is 0 Å². The Balaban J connectivity index is 2.03. The number of hydrogen-bond acceptors (Lipinski definition) is 2. The molecule has 1 aromatic carbocycles. The third-order valence-corrected chi connectivity index (χ3v) is 3.07. The predicted octanol–water partition coefficient (Wildman–Crippen LogP) is 2.71. The minimum atomic E-state index is -0.0958. The van der Waals surface area contributed by atoms with Gasteiger partial charge in [0.25, 0.3) is 0 Å². The SMILES string of the molecule is CCOc1ccc(C2CCC(O)C2)cc1. The molecule has 0 amide bonds. The molecule has 1 N–H and O–H groups in total. The summed E-state index contributed by atoms with van der Waals surface area (Å²) in [4.78, 5) is 0. The molecule has 0 heterocycles. The van der Waals surface area contributed by atoms with Crippen LogP contribution in [-0.4, -0.2) is 17.8 Å². The molecule has 2 nitrogen and oxygen atoms in total. The smallest absolute Gasteiger partial charge is 0.119 e. The summed E-state index contributed by atoms with van der Waals surface area (Å²) in [6.45, 7) is 2.70. The van der Waals surface area contributed by atoms with Gasteiger partial charge in [-0.25, -0.2) is 0 Å². The Bertz CT molecular complexity index is 305. The van der Waals surface area contributed by atoms with Crippen molar-refractivity contribution in [3.05, 3.63) is 29.8 Å². The van der Waals surface area contributed by atoms with Crippen LogP contribution in [-0.2, 0) is 0 Å². The average Bonchev–Trinajstić information content (AvgIpc) is 2.67. The van der Waals surface area contributed by atoms with Crippen molar-refractivity contribution in [2.24, 2.45) is 0 Å². The molecule has 0 spiro atoms. The maximum absolute atomic E-state index is 9.48. The van der Waals surface area contributed by atoms with Gasteiger partial charge in [0, 0.05) is 0 Å². The van der Waals surface area contributed by atoms with E-state index in [2.05, 4.69) is 12.1 Å². The maximum Gasteiger partial charge on any atom is 0.119 e. The fraction of sp³-hybridized carbons (Fsp3) is 0.538. The molecule has 0 bridgehead atoms. The van der Waals surface area contributed by atoms with Crippen molar-refractivity contribution in [1.82, 2.24) is 0 Å². The molecule has 15 heavy (non-hydrogen) atoms. The Morgan fingerprint density at radius 2 is 2.00 bits per heavy atom. The summed E-state index contributed by atoms with van der Waals surface area (Å²) in [5, 5.41) is 9.48. The van der Waals surface area contributed by atoms with Crippen LogP contribution < -0.4 is 4.74 Å². The summed E-state index contributed by atoms with van der Waals surface area (Å²) in [6, 6.07) is 8.27. The summed E-state index contributed by atoms with van der Waals surface area (Å²) in [7, 11) is 0. The first kappa shape index (κ1) is 10.5. The molecule has 1 aromatic rings. The Hall–Kier alpha value is -1.02. The van der Waals surface area contributed by atoms with E-state index in [0.717, 1.165) is 25.0 Å². The number of ether oxygens (including phenoxy) is 1. The lowest BCUT2D eigenvalue weighted by atomic mass is 9.98. The molecule has 0 saturated heterocycles. The van der Waals surface area contributed by atoms with Crippen LogP contribution in [0.3, 0.4) is 0 Å². The molecule has 82 valence electrons. The molecule has 2 atom stereocenters. The summed E-state index contributed by atoms with van der Waals surface area (Å²) in [5.74, 6) is 1.47. The maximum atomic E-state index is 9.48. The van der Waals surface area contributed by atoms with E-state index in [0.29, 0.717) is 12.5 Å². The Kier molecular flexibility index (Phi) is 3.27. The number of benzene rings is 1. The largest absolute Gasteiger partial charge is 0.494 e. The van der Waals surface area contributed by atoms with Crippen LogP contribution in [0.5, 0.6) is 5.75 Å². The highest BCUT2D eigenvalue weighted by molar-refractivity contribution is 5.30. The molecule has 2 rings (SSSR count). The van der Waals surface area contributed by atoms with Crippen LogP contribution >= 0.6 is 0 Å². The van der Waals surface area contributed by atoms with Crippen molar-refractivity contribution in [3.8, 4) is 5.75 Å². The molecule has 0 radical (unpaired) electrons. The molecule has 1 fully saturated rings. The van der Waals surface area contributed by atoms with Gasteiger partial charge in [-0.15, -0.1) is 0 Å². The molecular weight excluding hydrogens is 188 g/mol. The third-order valence-electron chi connectivity index (χ3n) is 3.07. The van der Waals surface area contributed by atoms with E-state index in [-0.39, 0.29) is 6.10 Å². The fourth-order valence-corrected chi connectivity index (χ4v) is 2.26. The zero-order valence-corrected chi connectivity index (χ0v) is 9.15. The van der Waals surface area contributed by atoms with E-state index >= 15 is 0 Å². The van der Waals surface area contributed by atoms with Gasteiger partial charge < -0.3 is 9.84 Å². The summed E-state index contributed by atoms with van der Waals surface area (Å²) >= 11 is 0. The Morgan fingerprint density at radius 1 is 1.27 bits per heavy atom. The second-order valence-electron chi connectivity index (χ2n) is 4.17. The second kappa shape index (κ2) is 4.67. The Labute approximate surface area is 90.9 Å². The molecule has 2 unspecified atom stereocenters. The molecule has 1 saturated carbocycles. The van der Waals surface area contributed by atoms with Crippen LogP contribution in [0.2, 0.25) is 0 Å². The van der Waals surface area contributed by atoms with E-state index in [9.17, 15) is 5.11 Å². The minimum Gasteiger partial charge on any atom is -0.494 e. The van der Waals surface area contributed by atoms with E-state index in [4.69, 9.17) is 4.74 Å². The van der Waals surface area contributed by atoms with E-state index in [1.807, 2.05) is 19.1 Å². The Morgan fingerprint density at radius 3 is 2.53 bits per heavy atom. The summed E-state index contributed by atoms with van der Waals surface area (Å²) < 4.78 is 5.40. The first-order chi connectivity index (χ1) is 7.29.